The van der Waals surface area contributed by atoms with E-state index in [1.165, 1.54) is 5.56 Å². The van der Waals surface area contributed by atoms with Gasteiger partial charge in [0.15, 0.2) is 0 Å². The zero-order valence-electron chi connectivity index (χ0n) is 8.91. The van der Waals surface area contributed by atoms with Crippen molar-refractivity contribution in [2.75, 3.05) is 14.2 Å². The number of hydrogen-bond acceptors (Lipinski definition) is 2. The maximum atomic E-state index is 5.15. The lowest BCUT2D eigenvalue weighted by Gasteiger charge is -2.10. The molecule has 0 aliphatic rings. The highest BCUT2D eigenvalue weighted by atomic mass is 35.5. The normalized spacial score (nSPS) is 11.6. The van der Waals surface area contributed by atoms with E-state index in [1.54, 1.807) is 7.11 Å². The van der Waals surface area contributed by atoms with E-state index in [4.69, 9.17) is 4.74 Å². The van der Waals surface area contributed by atoms with E-state index >= 15 is 0 Å². The van der Waals surface area contributed by atoms with Crippen LogP contribution in [0.1, 0.15) is 12.5 Å². The van der Waals surface area contributed by atoms with E-state index < -0.39 is 0 Å². The Morgan fingerprint density at radius 2 is 2.14 bits per heavy atom. The Labute approximate surface area is 92.1 Å². The molecule has 80 valence electrons. The number of hydrogen-bond donors (Lipinski definition) is 1. The van der Waals surface area contributed by atoms with E-state index in [1.807, 2.05) is 19.2 Å². The Morgan fingerprint density at radius 1 is 1.43 bits per heavy atom. The predicted octanol–water partition coefficient (Wildman–Crippen LogP) is 2.27. The summed E-state index contributed by atoms with van der Waals surface area (Å²) in [6.07, 6.45) is 1.04. The number of halogens is 1. The molecule has 1 N–H and O–H groups in total. The Kier molecular flexibility index (Phi) is 6.34. The highest BCUT2D eigenvalue weighted by Crippen LogP contribution is 2.13. The van der Waals surface area contributed by atoms with Crippen LogP contribution < -0.4 is 10.1 Å². The number of likely N-dealkylation sites (N-methyl/N-ethyl adjacent to an activating group) is 1. The van der Waals surface area contributed by atoms with Crippen molar-refractivity contribution in [2.45, 2.75) is 19.4 Å². The minimum absolute atomic E-state index is 0. The van der Waals surface area contributed by atoms with E-state index in [9.17, 15) is 0 Å². The molecule has 3 heteroatoms. The first-order valence-electron chi connectivity index (χ1n) is 4.56. The van der Waals surface area contributed by atoms with Crippen molar-refractivity contribution in [1.29, 1.82) is 0 Å². The zero-order chi connectivity index (χ0) is 9.68. The number of ether oxygens (including phenoxy) is 1. The van der Waals surface area contributed by atoms with Gasteiger partial charge < -0.3 is 10.1 Å². The number of rotatable bonds is 4. The van der Waals surface area contributed by atoms with Gasteiger partial charge in [-0.1, -0.05) is 12.1 Å². The van der Waals surface area contributed by atoms with Gasteiger partial charge in [-0.05, 0) is 38.1 Å². The molecule has 0 fully saturated rings. The summed E-state index contributed by atoms with van der Waals surface area (Å²) in [6.45, 7) is 2.17. The van der Waals surface area contributed by atoms with Crippen molar-refractivity contribution in [2.24, 2.45) is 0 Å². The first kappa shape index (κ1) is 13.3. The van der Waals surface area contributed by atoms with Gasteiger partial charge in [-0.15, -0.1) is 12.4 Å². The van der Waals surface area contributed by atoms with Crippen molar-refractivity contribution >= 4 is 12.4 Å². The lowest BCUT2D eigenvalue weighted by Crippen LogP contribution is -2.23. The molecule has 0 amide bonds. The van der Waals surface area contributed by atoms with Crippen LogP contribution in [0.15, 0.2) is 24.3 Å². The van der Waals surface area contributed by atoms with Crippen LogP contribution in [0, 0.1) is 0 Å². The molecule has 1 unspecified atom stereocenters. The maximum absolute atomic E-state index is 5.15. The molecule has 2 nitrogen and oxygen atoms in total. The van der Waals surface area contributed by atoms with Crippen molar-refractivity contribution in [3.63, 3.8) is 0 Å². The van der Waals surface area contributed by atoms with Crippen LogP contribution in [0.4, 0.5) is 0 Å². The number of benzene rings is 1. The van der Waals surface area contributed by atoms with E-state index in [2.05, 4.69) is 24.4 Å². The summed E-state index contributed by atoms with van der Waals surface area (Å²) in [7, 11) is 3.67. The molecule has 0 aliphatic carbocycles. The Bertz CT molecular complexity index is 265. The summed E-state index contributed by atoms with van der Waals surface area (Å²) in [5, 5.41) is 3.21. The topological polar surface area (TPSA) is 21.3 Å². The molecule has 0 aliphatic heterocycles. The van der Waals surface area contributed by atoms with Gasteiger partial charge in [0, 0.05) is 6.04 Å². The van der Waals surface area contributed by atoms with Gasteiger partial charge >= 0.3 is 0 Å². The van der Waals surface area contributed by atoms with Crippen LogP contribution in [0.2, 0.25) is 0 Å². The van der Waals surface area contributed by atoms with E-state index in [-0.39, 0.29) is 12.4 Å². The highest BCUT2D eigenvalue weighted by Gasteiger charge is 2.00. The van der Waals surface area contributed by atoms with Crippen LogP contribution >= 0.6 is 12.4 Å². The first-order chi connectivity index (χ1) is 6.26. The third-order valence-electron chi connectivity index (χ3n) is 2.17. The smallest absolute Gasteiger partial charge is 0.119 e. The Morgan fingerprint density at radius 3 is 2.71 bits per heavy atom. The zero-order valence-corrected chi connectivity index (χ0v) is 9.73. The van der Waals surface area contributed by atoms with Crippen molar-refractivity contribution in [1.82, 2.24) is 5.32 Å². The molecule has 0 aromatic heterocycles. The summed E-state index contributed by atoms with van der Waals surface area (Å²) in [5.74, 6) is 0.931. The van der Waals surface area contributed by atoms with Crippen molar-refractivity contribution in [3.05, 3.63) is 29.8 Å². The summed E-state index contributed by atoms with van der Waals surface area (Å²) >= 11 is 0. The largest absolute Gasteiger partial charge is 0.497 e. The average molecular weight is 216 g/mol. The maximum Gasteiger partial charge on any atom is 0.119 e. The molecule has 1 aromatic rings. The fourth-order valence-electron chi connectivity index (χ4n) is 1.26. The quantitative estimate of drug-likeness (QED) is 0.832. The second-order valence-corrected chi connectivity index (χ2v) is 3.25. The number of nitrogens with one attached hydrogen (secondary N) is 1. The molecule has 0 heterocycles. The summed E-state index contributed by atoms with van der Waals surface area (Å²) in [6, 6.07) is 8.70. The molecule has 1 rings (SSSR count). The van der Waals surface area contributed by atoms with E-state index in [0.29, 0.717) is 6.04 Å². The Hall–Kier alpha value is -0.730. The second-order valence-electron chi connectivity index (χ2n) is 3.25. The van der Waals surface area contributed by atoms with Crippen LogP contribution in [-0.2, 0) is 6.42 Å². The fourth-order valence-corrected chi connectivity index (χ4v) is 1.26. The minimum Gasteiger partial charge on any atom is -0.497 e. The lowest BCUT2D eigenvalue weighted by atomic mass is 10.1. The summed E-state index contributed by atoms with van der Waals surface area (Å²) < 4.78 is 5.15. The standard InChI is InChI=1S/C11H17NO.ClH/c1-9(12-2)7-10-5-4-6-11(8-10)13-3;/h4-6,8-9,12H,7H2,1-3H3;1H. The third-order valence-corrected chi connectivity index (χ3v) is 2.17. The van der Waals surface area contributed by atoms with Gasteiger partial charge in [-0.3, -0.25) is 0 Å². The van der Waals surface area contributed by atoms with E-state index in [0.717, 1.165) is 12.2 Å². The molecule has 1 atom stereocenters. The van der Waals surface area contributed by atoms with Crippen LogP contribution in [-0.4, -0.2) is 20.2 Å². The van der Waals surface area contributed by atoms with Crippen LogP contribution in [0.3, 0.4) is 0 Å². The highest BCUT2D eigenvalue weighted by molar-refractivity contribution is 5.85. The molecular formula is C11H18ClNO. The van der Waals surface area contributed by atoms with Gasteiger partial charge in [0.25, 0.3) is 0 Å². The van der Waals surface area contributed by atoms with Crippen molar-refractivity contribution < 1.29 is 4.74 Å². The fraction of sp³-hybridized carbons (Fsp3) is 0.455. The van der Waals surface area contributed by atoms with Gasteiger partial charge in [0.2, 0.25) is 0 Å². The minimum atomic E-state index is 0. The van der Waals surface area contributed by atoms with Crippen LogP contribution in [0.5, 0.6) is 5.75 Å². The summed E-state index contributed by atoms with van der Waals surface area (Å²) in [4.78, 5) is 0. The number of methoxy groups -OCH3 is 1. The lowest BCUT2D eigenvalue weighted by molar-refractivity contribution is 0.414. The molecule has 0 radical (unpaired) electrons. The SMILES string of the molecule is CNC(C)Cc1cccc(OC)c1.Cl. The molecule has 0 saturated carbocycles. The average Bonchev–Trinajstić information content (AvgIpc) is 2.18. The molecule has 0 spiro atoms. The van der Waals surface area contributed by atoms with Crippen molar-refractivity contribution in [3.8, 4) is 5.75 Å². The summed E-state index contributed by atoms with van der Waals surface area (Å²) in [5.41, 5.74) is 1.31. The second kappa shape index (κ2) is 6.68. The Balaban J connectivity index is 0.00000169. The predicted molar refractivity (Wildman–Crippen MR) is 62.5 cm³/mol. The molecule has 1 aromatic carbocycles. The third kappa shape index (κ3) is 3.99. The molecule has 0 saturated heterocycles. The molecular weight excluding hydrogens is 198 g/mol. The van der Waals surface area contributed by atoms with Gasteiger partial charge in [-0.2, -0.15) is 0 Å². The first-order valence-corrected chi connectivity index (χ1v) is 4.56. The monoisotopic (exact) mass is 215 g/mol. The molecule has 14 heavy (non-hydrogen) atoms. The van der Waals surface area contributed by atoms with Gasteiger partial charge in [-0.25, -0.2) is 0 Å². The molecule has 0 bridgehead atoms. The van der Waals surface area contributed by atoms with Crippen LogP contribution in [0.25, 0.3) is 0 Å². The van der Waals surface area contributed by atoms with Gasteiger partial charge in [0.05, 0.1) is 7.11 Å². The van der Waals surface area contributed by atoms with Gasteiger partial charge in [0.1, 0.15) is 5.75 Å².